The molecule has 1 saturated carbocycles. The van der Waals surface area contributed by atoms with Crippen molar-refractivity contribution in [3.63, 3.8) is 0 Å². The van der Waals surface area contributed by atoms with Gasteiger partial charge in [-0.1, -0.05) is 6.07 Å². The highest BCUT2D eigenvalue weighted by Crippen LogP contribution is 2.52. The van der Waals surface area contributed by atoms with Crippen LogP contribution >= 0.6 is 11.3 Å². The predicted molar refractivity (Wildman–Crippen MR) is 106 cm³/mol. The van der Waals surface area contributed by atoms with E-state index in [1.807, 2.05) is 23.6 Å². The number of fused-ring (bicyclic) bond motifs is 4. The first-order chi connectivity index (χ1) is 12.6. The zero-order valence-electron chi connectivity index (χ0n) is 15.4. The van der Waals surface area contributed by atoms with Gasteiger partial charge >= 0.3 is 0 Å². The third-order valence-electron chi connectivity index (χ3n) is 6.58. The smallest absolute Gasteiger partial charge is 0.137 e. The Hall–Kier alpha value is -1.69. The van der Waals surface area contributed by atoms with Crippen molar-refractivity contribution in [1.82, 2.24) is 14.9 Å². The van der Waals surface area contributed by atoms with Gasteiger partial charge in [0.05, 0.1) is 17.8 Å². The maximum absolute atomic E-state index is 6.48. The number of pyridine rings is 1. The lowest BCUT2D eigenvalue weighted by atomic mass is 9.70. The van der Waals surface area contributed by atoms with Crippen LogP contribution in [0.1, 0.15) is 41.8 Å². The van der Waals surface area contributed by atoms with Gasteiger partial charge in [0.2, 0.25) is 0 Å². The van der Waals surface area contributed by atoms with Crippen LogP contribution in [0.3, 0.4) is 0 Å². The molecule has 136 valence electrons. The van der Waals surface area contributed by atoms with E-state index in [-0.39, 0.29) is 11.1 Å². The Balaban J connectivity index is 1.54. The number of H-pyrrole nitrogens is 1. The Kier molecular flexibility index (Phi) is 3.75. The number of nitrogens with zero attached hydrogens (tertiary/aromatic N) is 2. The first-order valence-corrected chi connectivity index (χ1v) is 10.3. The van der Waals surface area contributed by atoms with Crippen LogP contribution in [0.15, 0.2) is 35.8 Å². The van der Waals surface area contributed by atoms with Crippen LogP contribution in [-0.2, 0) is 22.3 Å². The lowest BCUT2D eigenvalue weighted by molar-refractivity contribution is -0.113. The molecule has 4 nitrogen and oxygen atoms in total. The van der Waals surface area contributed by atoms with Gasteiger partial charge in [0.1, 0.15) is 11.2 Å². The first kappa shape index (κ1) is 16.5. The molecule has 0 unspecified atom stereocenters. The minimum absolute atomic E-state index is 0.130. The van der Waals surface area contributed by atoms with Crippen LogP contribution in [0.4, 0.5) is 0 Å². The average Bonchev–Trinajstić information content (AvgIpc) is 3.31. The van der Waals surface area contributed by atoms with E-state index in [9.17, 15) is 0 Å². The van der Waals surface area contributed by atoms with E-state index in [0.717, 1.165) is 44.4 Å². The van der Waals surface area contributed by atoms with Crippen molar-refractivity contribution in [2.24, 2.45) is 0 Å². The molecule has 0 amide bonds. The lowest BCUT2D eigenvalue weighted by Gasteiger charge is -2.50. The summed E-state index contributed by atoms with van der Waals surface area (Å²) in [5, 5.41) is 3.47. The van der Waals surface area contributed by atoms with Crippen LogP contribution < -0.4 is 0 Å². The molecule has 3 aromatic rings. The summed E-state index contributed by atoms with van der Waals surface area (Å²) < 4.78 is 6.48. The molecule has 0 aromatic carbocycles. The molecule has 1 spiro atoms. The molecular formula is C21H25N3OS. The van der Waals surface area contributed by atoms with E-state index in [0.29, 0.717) is 0 Å². The number of thiophene rings is 1. The molecule has 1 fully saturated rings. The summed E-state index contributed by atoms with van der Waals surface area (Å²) >= 11 is 1.88. The third-order valence-corrected chi connectivity index (χ3v) is 7.65. The fraction of sp³-hybridized carbons (Fsp3) is 0.476. The van der Waals surface area contributed by atoms with E-state index in [1.54, 1.807) is 0 Å². The van der Waals surface area contributed by atoms with Gasteiger partial charge in [0.15, 0.2) is 0 Å². The fourth-order valence-electron chi connectivity index (χ4n) is 5.07. The highest BCUT2D eigenvalue weighted by Gasteiger charge is 2.49. The molecular weight excluding hydrogens is 342 g/mol. The maximum Gasteiger partial charge on any atom is 0.137 e. The average molecular weight is 368 g/mol. The van der Waals surface area contributed by atoms with Gasteiger partial charge in [-0.2, -0.15) is 0 Å². The predicted octanol–water partition coefficient (Wildman–Crippen LogP) is 4.42. The van der Waals surface area contributed by atoms with Gasteiger partial charge in [0, 0.05) is 16.5 Å². The van der Waals surface area contributed by atoms with Crippen molar-refractivity contribution in [2.45, 2.75) is 43.2 Å². The van der Waals surface area contributed by atoms with E-state index >= 15 is 0 Å². The molecule has 26 heavy (non-hydrogen) atoms. The van der Waals surface area contributed by atoms with Crippen LogP contribution in [0, 0.1) is 0 Å². The summed E-state index contributed by atoms with van der Waals surface area (Å²) in [6.45, 7) is 0.808. The van der Waals surface area contributed by atoms with Gasteiger partial charge in [-0.3, -0.25) is 4.90 Å². The minimum atomic E-state index is -0.176. The number of ether oxygens (including phenoxy) is 1. The van der Waals surface area contributed by atoms with Crippen molar-refractivity contribution in [3.05, 3.63) is 52.0 Å². The topological polar surface area (TPSA) is 41.1 Å². The highest BCUT2D eigenvalue weighted by molar-refractivity contribution is 7.10. The maximum atomic E-state index is 6.48. The van der Waals surface area contributed by atoms with Crippen molar-refractivity contribution in [1.29, 1.82) is 0 Å². The molecule has 5 heteroatoms. The second kappa shape index (κ2) is 5.91. The van der Waals surface area contributed by atoms with Gasteiger partial charge in [-0.25, -0.2) is 4.98 Å². The number of nitrogens with one attached hydrogen (secondary N) is 1. The fourth-order valence-corrected chi connectivity index (χ4v) is 6.13. The van der Waals surface area contributed by atoms with Gasteiger partial charge in [-0.15, -0.1) is 11.3 Å². The molecule has 0 radical (unpaired) electrons. The van der Waals surface area contributed by atoms with Gasteiger partial charge in [-0.05, 0) is 75.3 Å². The summed E-state index contributed by atoms with van der Waals surface area (Å²) in [7, 11) is 4.44. The van der Waals surface area contributed by atoms with E-state index < -0.39 is 0 Å². The number of hydrogen-bond donors (Lipinski definition) is 1. The van der Waals surface area contributed by atoms with Crippen molar-refractivity contribution >= 4 is 22.4 Å². The summed E-state index contributed by atoms with van der Waals surface area (Å²) in [6.07, 6.45) is 7.16. The molecule has 0 bridgehead atoms. The number of aromatic amines is 1. The highest BCUT2D eigenvalue weighted by atomic mass is 32.1. The van der Waals surface area contributed by atoms with Crippen molar-refractivity contribution in [3.8, 4) is 0 Å². The van der Waals surface area contributed by atoms with Crippen LogP contribution in [0.5, 0.6) is 0 Å². The van der Waals surface area contributed by atoms with Crippen molar-refractivity contribution in [2.75, 3.05) is 20.7 Å². The summed E-state index contributed by atoms with van der Waals surface area (Å²) in [5.74, 6) is 0. The first-order valence-electron chi connectivity index (χ1n) is 9.46. The van der Waals surface area contributed by atoms with Crippen LogP contribution in [0.25, 0.3) is 11.0 Å². The molecule has 1 aliphatic heterocycles. The van der Waals surface area contributed by atoms with E-state index in [4.69, 9.17) is 4.74 Å². The SMILES string of the molecule is CN(C)C1(c2cccs2)CCC2(CC1)OCCc1c2[nH]c2ncccc12. The third kappa shape index (κ3) is 2.24. The molecule has 0 saturated heterocycles. The van der Waals surface area contributed by atoms with Crippen LogP contribution in [0.2, 0.25) is 0 Å². The largest absolute Gasteiger partial charge is 0.368 e. The van der Waals surface area contributed by atoms with Crippen molar-refractivity contribution < 1.29 is 4.74 Å². The Morgan fingerprint density at radius 3 is 2.73 bits per heavy atom. The molecule has 1 N–H and O–H groups in total. The van der Waals surface area contributed by atoms with E-state index in [2.05, 4.69) is 52.5 Å². The van der Waals surface area contributed by atoms with Gasteiger partial charge in [0.25, 0.3) is 0 Å². The summed E-state index contributed by atoms with van der Waals surface area (Å²) in [6, 6.07) is 8.69. The monoisotopic (exact) mass is 367 g/mol. The van der Waals surface area contributed by atoms with Crippen LogP contribution in [-0.4, -0.2) is 35.6 Å². The Morgan fingerprint density at radius 2 is 2.00 bits per heavy atom. The standard InChI is InChI=1S/C21H25N3OS/c1-24(2)20(17-6-4-14-26-17)8-10-21(11-9-20)18-15(7-13-25-21)16-5-3-12-22-19(16)23-18/h3-6,12,14H,7-11,13H2,1-2H3,(H,22,23). The molecule has 2 aliphatic rings. The number of rotatable bonds is 2. The number of aromatic nitrogens is 2. The molecule has 5 rings (SSSR count). The second-order valence-corrected chi connectivity index (χ2v) is 8.82. The summed E-state index contributed by atoms with van der Waals surface area (Å²) in [4.78, 5) is 12.1. The Bertz CT molecular complexity index is 920. The zero-order chi connectivity index (χ0) is 17.8. The molecule has 1 aliphatic carbocycles. The Morgan fingerprint density at radius 1 is 1.15 bits per heavy atom. The quantitative estimate of drug-likeness (QED) is 0.729. The van der Waals surface area contributed by atoms with E-state index in [1.165, 1.54) is 21.5 Å². The zero-order valence-corrected chi connectivity index (χ0v) is 16.2. The normalized spacial score (nSPS) is 28.7. The molecule has 0 atom stereocenters. The second-order valence-electron chi connectivity index (χ2n) is 7.87. The number of hydrogen-bond acceptors (Lipinski definition) is 4. The minimum Gasteiger partial charge on any atom is -0.368 e. The summed E-state index contributed by atoms with van der Waals surface area (Å²) in [5.41, 5.74) is 3.67. The van der Waals surface area contributed by atoms with Gasteiger partial charge < -0.3 is 9.72 Å². The Labute approximate surface area is 158 Å². The lowest BCUT2D eigenvalue weighted by Crippen LogP contribution is -2.49. The molecule has 4 heterocycles. The molecule has 3 aromatic heterocycles.